The average molecular weight is 306 g/mol. The molecule has 0 amide bonds. The third-order valence-corrected chi connectivity index (χ3v) is 1.74. The summed E-state index contributed by atoms with van der Waals surface area (Å²) in [5.41, 5.74) is 0. The van der Waals surface area contributed by atoms with Crippen LogP contribution in [-0.2, 0) is 10.9 Å². The van der Waals surface area contributed by atoms with Crippen molar-refractivity contribution in [3.63, 3.8) is 0 Å². The van der Waals surface area contributed by atoms with Crippen LogP contribution in [0.25, 0.3) is 0 Å². The van der Waals surface area contributed by atoms with Crippen LogP contribution in [0, 0.1) is 0 Å². The first kappa shape index (κ1) is 14.7. The Kier molecular flexibility index (Phi) is 9.44. The van der Waals surface area contributed by atoms with Gasteiger partial charge < -0.3 is 9.80 Å². The molecule has 2 nitrogen and oxygen atoms in total. The van der Waals surface area contributed by atoms with Gasteiger partial charge in [-0.3, -0.25) is 0 Å². The van der Waals surface area contributed by atoms with Crippen LogP contribution in [0.15, 0.2) is 12.4 Å². The van der Waals surface area contributed by atoms with Gasteiger partial charge in [-0.05, 0) is 6.42 Å². The first-order chi connectivity index (χ1) is 6.56. The Hall–Kier alpha value is 0.716. The first-order valence-corrected chi connectivity index (χ1v) is 8.63. The maximum atomic E-state index is 4.87. The van der Waals surface area contributed by atoms with E-state index < -0.39 is 10.9 Å². The number of unbranched alkanes of at least 4 members (excludes halogenated alkanes) is 1. The van der Waals surface area contributed by atoms with Gasteiger partial charge in [0, 0.05) is 26.0 Å². The predicted molar refractivity (Wildman–Crippen MR) is 60.9 cm³/mol. The second kappa shape index (κ2) is 8.98. The molecule has 0 aliphatic carbocycles. The van der Waals surface area contributed by atoms with E-state index in [1.165, 1.54) is 19.4 Å². The van der Waals surface area contributed by atoms with Crippen molar-refractivity contribution < 1.29 is 10.9 Å². The van der Waals surface area contributed by atoms with Gasteiger partial charge in [0.2, 0.25) is 0 Å². The molecule has 14 heavy (non-hydrogen) atoms. The Morgan fingerprint density at radius 2 is 1.86 bits per heavy atom. The van der Waals surface area contributed by atoms with Gasteiger partial charge in [0.25, 0.3) is 0 Å². The van der Waals surface area contributed by atoms with Gasteiger partial charge in [0.05, 0.1) is 6.67 Å². The predicted octanol–water partition coefficient (Wildman–Crippen LogP) is 3.53. The van der Waals surface area contributed by atoms with Gasteiger partial charge in [-0.15, -0.1) is 0 Å². The summed E-state index contributed by atoms with van der Waals surface area (Å²) in [5.74, 6) is 0. The molecule has 0 atom stereocenters. The van der Waals surface area contributed by atoms with Crippen LogP contribution in [0.2, 0.25) is 0 Å². The molecule has 0 bridgehead atoms. The van der Waals surface area contributed by atoms with Gasteiger partial charge in [-0.1, -0.05) is 13.3 Å². The molecular weight excluding hydrogens is 289 g/mol. The van der Waals surface area contributed by atoms with E-state index in [9.17, 15) is 0 Å². The van der Waals surface area contributed by atoms with E-state index in [4.69, 9.17) is 30.4 Å². The summed E-state index contributed by atoms with van der Waals surface area (Å²) in [7, 11) is 15.5. The molecule has 0 N–H and O–H groups in total. The van der Waals surface area contributed by atoms with Gasteiger partial charge in [-0.25, -0.2) is 0 Å². The minimum atomic E-state index is -1.19. The molecule has 0 aromatic heterocycles. The van der Waals surface area contributed by atoms with Gasteiger partial charge >= 0.3 is 41.4 Å². The number of halogens is 3. The van der Waals surface area contributed by atoms with Crippen LogP contribution in [0.4, 0.5) is 0 Å². The zero-order valence-corrected chi connectivity index (χ0v) is 11.7. The Labute approximate surface area is 103 Å². The third-order valence-electron chi connectivity index (χ3n) is 1.74. The molecule has 0 saturated carbocycles. The fourth-order valence-electron chi connectivity index (χ4n) is 1.10. The van der Waals surface area contributed by atoms with Crippen LogP contribution >= 0.6 is 30.4 Å². The van der Waals surface area contributed by atoms with Crippen molar-refractivity contribution in [1.29, 1.82) is 0 Å². The van der Waals surface area contributed by atoms with Crippen LogP contribution in [0.1, 0.15) is 19.8 Å². The van der Waals surface area contributed by atoms with E-state index in [0.717, 1.165) is 6.67 Å². The van der Waals surface area contributed by atoms with Crippen LogP contribution in [-0.4, -0.2) is 30.1 Å². The number of hydrogen-bond donors (Lipinski definition) is 0. The van der Waals surface area contributed by atoms with Crippen molar-refractivity contribution in [2.75, 3.05) is 20.3 Å². The maximum absolute atomic E-state index is 4.87. The zero-order valence-electron chi connectivity index (χ0n) is 8.34. The summed E-state index contributed by atoms with van der Waals surface area (Å²) < 4.78 is 0. The number of hydrogen-bond acceptors (Lipinski definition) is 2. The van der Waals surface area contributed by atoms with Crippen molar-refractivity contribution in [3.05, 3.63) is 12.4 Å². The van der Waals surface area contributed by atoms with E-state index in [-0.39, 0.29) is 0 Å². The summed E-state index contributed by atoms with van der Waals surface area (Å²) in [4.78, 5) is 4.53. The Morgan fingerprint density at radius 3 is 2.21 bits per heavy atom. The summed E-state index contributed by atoms with van der Waals surface area (Å²) in [5, 5.41) is 0. The summed E-state index contributed by atoms with van der Waals surface area (Å²) >= 11 is 0. The summed E-state index contributed by atoms with van der Waals surface area (Å²) in [6, 6.07) is 0. The normalized spacial score (nSPS) is 15.4. The molecule has 0 fully saturated rings. The molecular formula is C8H16Cl3CoN2. The van der Waals surface area contributed by atoms with Gasteiger partial charge in [-0.2, -0.15) is 0 Å². The summed E-state index contributed by atoms with van der Waals surface area (Å²) in [6.45, 7) is 4.50. The van der Waals surface area contributed by atoms with Crippen LogP contribution in [0.3, 0.4) is 0 Å². The van der Waals surface area contributed by atoms with Crippen LogP contribution < -0.4 is 0 Å². The Morgan fingerprint density at radius 1 is 1.29 bits per heavy atom. The van der Waals surface area contributed by atoms with Crippen molar-refractivity contribution in [1.82, 2.24) is 9.80 Å². The third kappa shape index (κ3) is 9.28. The molecule has 0 aromatic carbocycles. The molecule has 0 radical (unpaired) electrons. The quantitative estimate of drug-likeness (QED) is 0.787. The van der Waals surface area contributed by atoms with Crippen molar-refractivity contribution in [3.8, 4) is 0 Å². The second-order valence-electron chi connectivity index (χ2n) is 3.01. The second-order valence-corrected chi connectivity index (χ2v) is 8.16. The average Bonchev–Trinajstić information content (AvgIpc) is 2.47. The number of nitrogens with zero attached hydrogens (tertiary/aromatic N) is 2. The van der Waals surface area contributed by atoms with Crippen LogP contribution in [0.5, 0.6) is 0 Å². The monoisotopic (exact) mass is 304 g/mol. The molecule has 0 spiro atoms. The van der Waals surface area contributed by atoms with E-state index >= 15 is 0 Å². The molecule has 6 heteroatoms. The standard InChI is InChI=1S/C8H16N2.3ClH.Co/c1-3-4-5-10-7-6-9(2)8-10;;;;/h6-7H,3-5,8H2,1-2H3;3*1H;/q;;;;+3/p-3. The zero-order chi connectivity index (χ0) is 11.0. The van der Waals surface area contributed by atoms with Crippen molar-refractivity contribution in [2.45, 2.75) is 19.8 Å². The fourth-order valence-corrected chi connectivity index (χ4v) is 1.10. The topological polar surface area (TPSA) is 6.48 Å². The molecule has 0 unspecified atom stereocenters. The minimum absolute atomic E-state index is 1.07. The van der Waals surface area contributed by atoms with E-state index in [2.05, 4.69) is 36.2 Å². The molecule has 0 aromatic rings. The molecule has 0 saturated heterocycles. The fraction of sp³-hybridized carbons (Fsp3) is 0.750. The van der Waals surface area contributed by atoms with Gasteiger partial charge in [0.1, 0.15) is 0 Å². The summed E-state index contributed by atoms with van der Waals surface area (Å²) in [6.07, 6.45) is 6.87. The van der Waals surface area contributed by atoms with E-state index in [0.29, 0.717) is 0 Å². The first-order valence-electron chi connectivity index (χ1n) is 4.33. The van der Waals surface area contributed by atoms with E-state index in [1.807, 2.05) is 0 Å². The van der Waals surface area contributed by atoms with Gasteiger partial charge in [0.15, 0.2) is 0 Å². The molecule has 1 rings (SSSR count). The SMILES string of the molecule is CCCCN1C=CN(C)C1.[Cl][Co]([Cl])[Cl]. The van der Waals surface area contributed by atoms with Crippen molar-refractivity contribution >= 4 is 30.4 Å². The van der Waals surface area contributed by atoms with Crippen molar-refractivity contribution in [2.24, 2.45) is 0 Å². The molecule has 1 heterocycles. The molecule has 1 aliphatic rings. The Balaban J connectivity index is 0.000000364. The number of rotatable bonds is 3. The Bertz CT molecular complexity index is 164. The molecule has 1 aliphatic heterocycles. The van der Waals surface area contributed by atoms with E-state index in [1.54, 1.807) is 0 Å². The molecule has 88 valence electrons.